The van der Waals surface area contributed by atoms with Gasteiger partial charge in [-0.3, -0.25) is 0 Å². The molecule has 27 heavy (non-hydrogen) atoms. The summed E-state index contributed by atoms with van der Waals surface area (Å²) < 4.78 is 5.27. The lowest BCUT2D eigenvalue weighted by Gasteiger charge is -2.16. The Morgan fingerprint density at radius 2 is 1.07 bits per heavy atom. The van der Waals surface area contributed by atoms with E-state index in [1.807, 2.05) is 91.0 Å². The van der Waals surface area contributed by atoms with E-state index < -0.39 is 0 Å². The van der Waals surface area contributed by atoms with Crippen LogP contribution in [0.4, 0.5) is 0 Å². The van der Waals surface area contributed by atoms with Crippen LogP contribution in [0.3, 0.4) is 0 Å². The molecule has 2 heteroatoms. The number of phenolic OH excluding ortho intramolecular Hbond substituents is 1. The van der Waals surface area contributed by atoms with Crippen LogP contribution in [0.25, 0.3) is 33.4 Å². The van der Waals surface area contributed by atoms with Gasteiger partial charge in [0, 0.05) is 11.1 Å². The van der Waals surface area contributed by atoms with E-state index in [2.05, 4.69) is 6.07 Å². The van der Waals surface area contributed by atoms with Crippen LogP contribution in [-0.4, -0.2) is 12.2 Å². The molecule has 0 aromatic heterocycles. The highest BCUT2D eigenvalue weighted by molar-refractivity contribution is 5.93. The minimum absolute atomic E-state index is 0.292. The number of phenols is 1. The van der Waals surface area contributed by atoms with E-state index in [1.165, 1.54) is 0 Å². The Kier molecular flexibility index (Phi) is 4.63. The van der Waals surface area contributed by atoms with Gasteiger partial charge in [-0.1, -0.05) is 78.9 Å². The molecule has 132 valence electrons. The first-order valence-electron chi connectivity index (χ1n) is 8.89. The lowest BCUT2D eigenvalue weighted by Crippen LogP contribution is -1.90. The van der Waals surface area contributed by atoms with E-state index in [4.69, 9.17) is 4.74 Å². The molecule has 0 saturated heterocycles. The average Bonchev–Trinajstić information content (AvgIpc) is 2.75. The van der Waals surface area contributed by atoms with E-state index in [9.17, 15) is 5.11 Å². The third kappa shape index (κ3) is 3.30. The van der Waals surface area contributed by atoms with Crippen molar-refractivity contribution in [3.8, 4) is 44.9 Å². The highest BCUT2D eigenvalue weighted by atomic mass is 16.5. The van der Waals surface area contributed by atoms with Gasteiger partial charge in [0.2, 0.25) is 0 Å². The fourth-order valence-electron chi connectivity index (χ4n) is 3.35. The molecule has 0 aliphatic carbocycles. The highest BCUT2D eigenvalue weighted by Crippen LogP contribution is 2.44. The number of methoxy groups -OCH3 is 1. The van der Waals surface area contributed by atoms with Crippen LogP contribution < -0.4 is 4.74 Å². The van der Waals surface area contributed by atoms with E-state index in [-0.39, 0.29) is 0 Å². The van der Waals surface area contributed by atoms with Gasteiger partial charge in [0.25, 0.3) is 0 Å². The topological polar surface area (TPSA) is 29.5 Å². The zero-order chi connectivity index (χ0) is 18.6. The third-order valence-electron chi connectivity index (χ3n) is 4.73. The zero-order valence-corrected chi connectivity index (χ0v) is 15.1. The molecule has 0 radical (unpaired) electrons. The Morgan fingerprint density at radius 3 is 1.67 bits per heavy atom. The Hall–Kier alpha value is -3.52. The van der Waals surface area contributed by atoms with Crippen LogP contribution in [0.5, 0.6) is 11.5 Å². The molecule has 0 saturated carbocycles. The van der Waals surface area contributed by atoms with E-state index in [0.29, 0.717) is 5.75 Å². The lowest BCUT2D eigenvalue weighted by molar-refractivity contribution is 0.415. The summed E-state index contributed by atoms with van der Waals surface area (Å²) >= 11 is 0. The number of hydrogen-bond donors (Lipinski definition) is 1. The minimum atomic E-state index is 0.292. The maximum atomic E-state index is 11.2. The minimum Gasteiger partial charge on any atom is -0.507 e. The van der Waals surface area contributed by atoms with E-state index in [0.717, 1.165) is 39.1 Å². The molecule has 4 aromatic rings. The number of aromatic hydroxyl groups is 1. The van der Waals surface area contributed by atoms with Gasteiger partial charge in [0.1, 0.15) is 11.5 Å². The van der Waals surface area contributed by atoms with Crippen molar-refractivity contribution in [2.45, 2.75) is 0 Å². The first kappa shape index (κ1) is 16.9. The average molecular weight is 352 g/mol. The summed E-state index contributed by atoms with van der Waals surface area (Å²) in [6.07, 6.45) is 0. The van der Waals surface area contributed by atoms with Gasteiger partial charge >= 0.3 is 0 Å². The Labute approximate surface area is 159 Å². The van der Waals surface area contributed by atoms with E-state index >= 15 is 0 Å². The third-order valence-corrected chi connectivity index (χ3v) is 4.73. The number of rotatable bonds is 4. The summed E-state index contributed by atoms with van der Waals surface area (Å²) in [5.41, 5.74) is 5.66. The SMILES string of the molecule is COc1ccc(-c2ccc(-c3ccccc3)c(O)c2-c2ccccc2)cc1. The summed E-state index contributed by atoms with van der Waals surface area (Å²) in [5.74, 6) is 1.10. The maximum Gasteiger partial charge on any atom is 0.131 e. The van der Waals surface area contributed by atoms with Crippen molar-refractivity contribution in [2.75, 3.05) is 7.11 Å². The molecule has 0 spiro atoms. The molecule has 0 unspecified atom stereocenters. The van der Waals surface area contributed by atoms with Crippen LogP contribution >= 0.6 is 0 Å². The molecule has 1 N–H and O–H groups in total. The second-order valence-electron chi connectivity index (χ2n) is 6.34. The Balaban J connectivity index is 1.95. The van der Waals surface area contributed by atoms with Crippen LogP contribution in [-0.2, 0) is 0 Å². The standard InChI is InChI=1S/C25H20O2/c1-27-21-14-12-19(13-15-21)22-16-17-23(18-8-4-2-5-9-18)25(26)24(22)20-10-6-3-7-11-20/h2-17,26H,1H3. The van der Waals surface area contributed by atoms with Crippen molar-refractivity contribution < 1.29 is 9.84 Å². The zero-order valence-electron chi connectivity index (χ0n) is 15.1. The van der Waals surface area contributed by atoms with Gasteiger partial charge in [-0.2, -0.15) is 0 Å². The Morgan fingerprint density at radius 1 is 0.556 bits per heavy atom. The number of hydrogen-bond acceptors (Lipinski definition) is 2. The molecule has 4 aromatic carbocycles. The molecular formula is C25H20O2. The largest absolute Gasteiger partial charge is 0.507 e. The Bertz CT molecular complexity index is 1040. The van der Waals surface area contributed by atoms with Gasteiger partial charge in [0.05, 0.1) is 7.11 Å². The highest BCUT2D eigenvalue weighted by Gasteiger charge is 2.16. The summed E-state index contributed by atoms with van der Waals surface area (Å²) in [6, 6.07) is 31.9. The molecule has 0 fully saturated rings. The quantitative estimate of drug-likeness (QED) is 0.460. The van der Waals surface area contributed by atoms with Crippen molar-refractivity contribution in [2.24, 2.45) is 0 Å². The monoisotopic (exact) mass is 352 g/mol. The van der Waals surface area contributed by atoms with Crippen molar-refractivity contribution in [1.29, 1.82) is 0 Å². The van der Waals surface area contributed by atoms with Crippen molar-refractivity contribution in [1.82, 2.24) is 0 Å². The lowest BCUT2D eigenvalue weighted by atomic mass is 9.90. The van der Waals surface area contributed by atoms with E-state index in [1.54, 1.807) is 7.11 Å². The molecule has 0 amide bonds. The van der Waals surface area contributed by atoms with Gasteiger partial charge in [-0.25, -0.2) is 0 Å². The molecule has 0 atom stereocenters. The molecule has 0 aliphatic rings. The maximum absolute atomic E-state index is 11.2. The van der Waals surface area contributed by atoms with Crippen molar-refractivity contribution >= 4 is 0 Å². The number of ether oxygens (including phenoxy) is 1. The fraction of sp³-hybridized carbons (Fsp3) is 0.0400. The van der Waals surface area contributed by atoms with Crippen molar-refractivity contribution in [3.63, 3.8) is 0 Å². The molecule has 0 heterocycles. The molecule has 2 nitrogen and oxygen atoms in total. The summed E-state index contributed by atoms with van der Waals surface area (Å²) in [6.45, 7) is 0. The molecule has 0 bridgehead atoms. The second-order valence-corrected chi connectivity index (χ2v) is 6.34. The van der Waals surface area contributed by atoms with Gasteiger partial charge < -0.3 is 9.84 Å². The molecular weight excluding hydrogens is 332 g/mol. The predicted octanol–water partition coefficient (Wildman–Crippen LogP) is 6.40. The first-order chi connectivity index (χ1) is 13.3. The first-order valence-corrected chi connectivity index (χ1v) is 8.89. The normalized spacial score (nSPS) is 10.6. The predicted molar refractivity (Wildman–Crippen MR) is 111 cm³/mol. The summed E-state index contributed by atoms with van der Waals surface area (Å²) in [5, 5.41) is 11.2. The van der Waals surface area contributed by atoms with Crippen LogP contribution in [0, 0.1) is 0 Å². The van der Waals surface area contributed by atoms with Crippen molar-refractivity contribution in [3.05, 3.63) is 97.1 Å². The second kappa shape index (κ2) is 7.38. The molecule has 0 aliphatic heterocycles. The fourth-order valence-corrected chi connectivity index (χ4v) is 3.35. The van der Waals surface area contributed by atoms with Crippen LogP contribution in [0.2, 0.25) is 0 Å². The summed E-state index contributed by atoms with van der Waals surface area (Å²) in [7, 11) is 1.66. The van der Waals surface area contributed by atoms with Gasteiger partial charge in [-0.05, 0) is 40.5 Å². The van der Waals surface area contributed by atoms with Crippen LogP contribution in [0.1, 0.15) is 0 Å². The molecule has 4 rings (SSSR count). The van der Waals surface area contributed by atoms with Gasteiger partial charge in [-0.15, -0.1) is 0 Å². The number of benzene rings is 4. The summed E-state index contributed by atoms with van der Waals surface area (Å²) in [4.78, 5) is 0. The van der Waals surface area contributed by atoms with Gasteiger partial charge in [0.15, 0.2) is 0 Å². The van der Waals surface area contributed by atoms with Crippen LogP contribution in [0.15, 0.2) is 97.1 Å². The smallest absolute Gasteiger partial charge is 0.131 e.